The predicted molar refractivity (Wildman–Crippen MR) is 401 cm³/mol. The van der Waals surface area contributed by atoms with Gasteiger partial charge in [-0.05, 0) is 190 Å². The van der Waals surface area contributed by atoms with E-state index >= 15 is 0 Å². The van der Waals surface area contributed by atoms with Crippen molar-refractivity contribution in [1.82, 2.24) is 4.98 Å². The van der Waals surface area contributed by atoms with Crippen molar-refractivity contribution in [1.29, 1.82) is 0 Å². The molecule has 6 heteroatoms. The lowest BCUT2D eigenvalue weighted by Gasteiger charge is -2.26. The fourth-order valence-electron chi connectivity index (χ4n) is 14.6. The average molecular weight is 1230 g/mol. The first-order valence-corrected chi connectivity index (χ1v) is 32.7. The van der Waals surface area contributed by atoms with Crippen LogP contribution in [0, 0.1) is 0 Å². The van der Waals surface area contributed by atoms with Gasteiger partial charge in [-0.15, -0.1) is 0 Å². The van der Waals surface area contributed by atoms with Crippen LogP contribution < -0.4 is 19.9 Å². The Hall–Kier alpha value is -12.8. The molecular weight excluding hydrogens is 1170 g/mol. The summed E-state index contributed by atoms with van der Waals surface area (Å²) in [6.45, 7) is 0. The maximum atomic E-state index is 6.93. The van der Waals surface area contributed by atoms with Crippen LogP contribution in [0.3, 0.4) is 0 Å². The van der Waals surface area contributed by atoms with Gasteiger partial charge in [0.2, 0.25) is 5.89 Å². The Labute approximate surface area is 554 Å². The van der Waals surface area contributed by atoms with Crippen LogP contribution >= 0.6 is 0 Å². The van der Waals surface area contributed by atoms with Gasteiger partial charge >= 0.3 is 0 Å². The number of ether oxygens (including phenoxy) is 1. The second-order valence-corrected chi connectivity index (χ2v) is 25.1. The Morgan fingerprint density at radius 2 is 0.677 bits per heavy atom. The molecule has 1 N–H and O–H groups in total. The molecule has 0 radical (unpaired) electrons. The van der Waals surface area contributed by atoms with Crippen LogP contribution in [0.2, 0.25) is 0 Å². The zero-order valence-electron chi connectivity index (χ0n) is 52.1. The minimum Gasteiger partial charge on any atom is -0.464 e. The van der Waals surface area contributed by atoms with Gasteiger partial charge in [0.15, 0.2) is 17.6 Å². The molecule has 0 saturated heterocycles. The molecule has 1 aliphatic heterocycles. The lowest BCUT2D eigenvalue weighted by Crippen LogP contribution is -2.10. The van der Waals surface area contributed by atoms with Crippen molar-refractivity contribution in [3.8, 4) is 50.6 Å². The quantitative estimate of drug-likeness (QED) is 0.130. The minimum absolute atomic E-state index is 0.358. The normalized spacial score (nSPS) is 12.9. The Bertz CT molecular complexity index is 6090. The van der Waals surface area contributed by atoms with E-state index in [4.69, 9.17) is 14.1 Å². The van der Waals surface area contributed by atoms with Gasteiger partial charge in [-0.2, -0.15) is 0 Å². The summed E-state index contributed by atoms with van der Waals surface area (Å²) >= 11 is 0. The topological polar surface area (TPSA) is 53.8 Å². The average Bonchev–Trinajstić information content (AvgIpc) is 1.55. The highest BCUT2D eigenvalue weighted by Gasteiger charge is 2.29. The Morgan fingerprint density at radius 3 is 1.29 bits per heavy atom. The van der Waals surface area contributed by atoms with Crippen molar-refractivity contribution in [3.63, 3.8) is 0 Å². The molecule has 1 unspecified atom stereocenters. The summed E-state index contributed by atoms with van der Waals surface area (Å²) in [5.41, 5.74) is 18.1. The molecule has 17 aromatic carbocycles. The number of benzene rings is 17. The van der Waals surface area contributed by atoms with Crippen LogP contribution in [0.5, 0.6) is 5.75 Å². The van der Waals surface area contributed by atoms with Crippen LogP contribution in [0.25, 0.3) is 131 Å². The predicted octanol–water partition coefficient (Wildman–Crippen LogP) is 25.0. The third-order valence-corrected chi connectivity index (χ3v) is 19.4. The van der Waals surface area contributed by atoms with Gasteiger partial charge in [0.05, 0.1) is 5.69 Å². The second kappa shape index (κ2) is 22.5. The van der Waals surface area contributed by atoms with Crippen LogP contribution in [-0.2, 0) is 0 Å². The van der Waals surface area contributed by atoms with Crippen LogP contribution in [0.1, 0.15) is 11.8 Å². The first kappa shape index (κ1) is 54.9. The number of rotatable bonds is 11. The zero-order valence-corrected chi connectivity index (χ0v) is 52.1. The van der Waals surface area contributed by atoms with Gasteiger partial charge in [-0.25, -0.2) is 4.98 Å². The van der Waals surface area contributed by atoms with E-state index in [1.807, 2.05) is 30.3 Å². The number of fused-ring (bicyclic) bond motifs is 15. The highest BCUT2D eigenvalue weighted by atomic mass is 16.5. The molecule has 0 aliphatic carbocycles. The fraction of sp³-hybridized carbons (Fsp3) is 0.0111. The molecule has 0 amide bonds. The van der Waals surface area contributed by atoms with Crippen molar-refractivity contribution in [2.24, 2.45) is 0 Å². The van der Waals surface area contributed by atoms with Crippen LogP contribution in [-0.4, -0.2) is 4.98 Å². The molecule has 0 fully saturated rings. The van der Waals surface area contributed by atoms with E-state index in [2.05, 4.69) is 325 Å². The van der Waals surface area contributed by atoms with Crippen LogP contribution in [0.15, 0.2) is 344 Å². The SMILES string of the molecule is c1ccc(-c2nc3c4ccc(-c5ccc(N(c6ccc7ccccc7c6)c6ccc7cc(-c8ccc(C9Nc%10c(c%11ccccc%11c%11cc(-c%12ccc(N(c%13ccccc%13)c%13ccc%14ccccc%14c%13)cc%12)ccc%10%11)O9)cc8)ccc7c6)cc5)cc4c4ccccc4c3o2)cc1. The highest BCUT2D eigenvalue weighted by molar-refractivity contribution is 6.24. The zero-order chi connectivity index (χ0) is 63.2. The molecule has 96 heavy (non-hydrogen) atoms. The number of aromatic nitrogens is 1. The van der Waals surface area contributed by atoms with Gasteiger partial charge in [0.25, 0.3) is 0 Å². The van der Waals surface area contributed by atoms with Gasteiger partial charge in [-0.1, -0.05) is 237 Å². The Kier molecular flexibility index (Phi) is 12.9. The fourth-order valence-corrected chi connectivity index (χ4v) is 14.6. The molecule has 1 aliphatic rings. The molecule has 19 rings (SSSR count). The molecular formula is C90H58N4O2. The van der Waals surface area contributed by atoms with Crippen molar-refractivity contribution in [2.45, 2.75) is 6.23 Å². The summed E-state index contributed by atoms with van der Waals surface area (Å²) in [6.07, 6.45) is -0.358. The summed E-state index contributed by atoms with van der Waals surface area (Å²) in [5.74, 6) is 1.51. The van der Waals surface area contributed by atoms with E-state index in [9.17, 15) is 0 Å². The van der Waals surface area contributed by atoms with E-state index in [1.54, 1.807) is 0 Å². The third-order valence-electron chi connectivity index (χ3n) is 19.4. The Morgan fingerprint density at radius 1 is 0.271 bits per heavy atom. The monoisotopic (exact) mass is 1230 g/mol. The van der Waals surface area contributed by atoms with E-state index in [1.165, 1.54) is 32.3 Å². The number of hydrogen-bond donors (Lipinski definition) is 1. The summed E-state index contributed by atoms with van der Waals surface area (Å²) in [4.78, 5) is 9.79. The standard InChI is InChI=1S/C90H58N4O2/c1-3-17-62(18-4-1)89-91-85-79-49-40-70(56-83(79)77-23-11-13-25-81(77)87(85)95-89)61-35-44-73(45-36-61)94(75-47-38-58-16-8-10-20-65(58)53-75)76-48-39-67-51-66(31-32-68(67)54-76)59-27-29-63(30-28-59)90-92-86-80-50-41-69(55-84(80)78-24-12-14-26-82(78)88(86)96-90)60-33-42-72(43-34-60)93(71-21-5-2-6-22-71)74-46-37-57-15-7-9-19-64(57)52-74/h1-56,90,92H. The first-order chi connectivity index (χ1) is 47.5. The first-order valence-electron chi connectivity index (χ1n) is 32.7. The van der Waals surface area contributed by atoms with Crippen LogP contribution in [0.4, 0.5) is 39.8 Å². The number of para-hydroxylation sites is 1. The number of oxazole rings is 1. The molecule has 0 bridgehead atoms. The molecule has 0 saturated carbocycles. The molecule has 450 valence electrons. The maximum absolute atomic E-state index is 6.93. The molecule has 0 spiro atoms. The minimum atomic E-state index is -0.358. The molecule has 1 atom stereocenters. The number of anilines is 7. The van der Waals surface area contributed by atoms with E-state index < -0.39 is 0 Å². The van der Waals surface area contributed by atoms with Gasteiger partial charge in [-0.3, -0.25) is 0 Å². The van der Waals surface area contributed by atoms with Crippen molar-refractivity contribution < 1.29 is 9.15 Å². The number of nitrogens with zero attached hydrogens (tertiary/aromatic N) is 3. The lowest BCUT2D eigenvalue weighted by molar-refractivity contribution is 0.262. The van der Waals surface area contributed by atoms with Gasteiger partial charge in [0.1, 0.15) is 5.52 Å². The number of hydrogen-bond acceptors (Lipinski definition) is 6. The summed E-state index contributed by atoms with van der Waals surface area (Å²) < 4.78 is 13.5. The van der Waals surface area contributed by atoms with Crippen molar-refractivity contribution in [2.75, 3.05) is 15.1 Å². The molecule has 6 nitrogen and oxygen atoms in total. The van der Waals surface area contributed by atoms with Crippen molar-refractivity contribution >= 4 is 126 Å². The molecule has 18 aromatic rings. The smallest absolute Gasteiger partial charge is 0.227 e. The van der Waals surface area contributed by atoms with E-state index in [-0.39, 0.29) is 6.23 Å². The van der Waals surface area contributed by atoms with Crippen molar-refractivity contribution in [3.05, 3.63) is 345 Å². The Balaban J connectivity index is 0.597. The van der Waals surface area contributed by atoms with Gasteiger partial charge in [0, 0.05) is 66.8 Å². The van der Waals surface area contributed by atoms with E-state index in [0.29, 0.717) is 5.89 Å². The second-order valence-electron chi connectivity index (χ2n) is 25.1. The summed E-state index contributed by atoms with van der Waals surface area (Å²) in [5, 5.41) is 19.9. The summed E-state index contributed by atoms with van der Waals surface area (Å²) in [7, 11) is 0. The third kappa shape index (κ3) is 9.45. The van der Waals surface area contributed by atoms with E-state index in [0.717, 1.165) is 144 Å². The summed E-state index contributed by atoms with van der Waals surface area (Å²) in [6, 6.07) is 122. The van der Waals surface area contributed by atoms with Gasteiger partial charge < -0.3 is 24.3 Å². The largest absolute Gasteiger partial charge is 0.464 e. The maximum Gasteiger partial charge on any atom is 0.227 e. The molecule has 2 heterocycles. The molecule has 1 aromatic heterocycles. The number of nitrogens with one attached hydrogen (secondary N) is 1. The highest BCUT2D eigenvalue weighted by Crippen LogP contribution is 2.50. The lowest BCUT2D eigenvalue weighted by atomic mass is 9.95.